The van der Waals surface area contributed by atoms with Crippen LogP contribution >= 0.6 is 11.6 Å². The van der Waals surface area contributed by atoms with Gasteiger partial charge in [-0.15, -0.1) is 0 Å². The zero-order valence-electron chi connectivity index (χ0n) is 10.5. The van der Waals surface area contributed by atoms with Crippen LogP contribution in [0.1, 0.15) is 19.3 Å². The van der Waals surface area contributed by atoms with Crippen molar-refractivity contribution in [3.8, 4) is 5.75 Å². The number of ether oxygens (including phenoxy) is 1. The largest absolute Gasteiger partial charge is 0.484 e. The molecule has 0 bridgehead atoms. The maximum Gasteiger partial charge on any atom is 0.192 e. The first-order valence-corrected chi connectivity index (χ1v) is 7.05. The van der Waals surface area contributed by atoms with Crippen molar-refractivity contribution in [3.63, 3.8) is 0 Å². The summed E-state index contributed by atoms with van der Waals surface area (Å²) in [5.74, 6) is -1.05. The van der Waals surface area contributed by atoms with Crippen molar-refractivity contribution in [2.45, 2.75) is 25.4 Å². The maximum atomic E-state index is 13.9. The Morgan fingerprint density at radius 2 is 2.00 bits per heavy atom. The molecule has 19 heavy (non-hydrogen) atoms. The highest BCUT2D eigenvalue weighted by molar-refractivity contribution is 6.30. The summed E-state index contributed by atoms with van der Waals surface area (Å²) in [5.41, 5.74) is 0. The van der Waals surface area contributed by atoms with Gasteiger partial charge in [-0.1, -0.05) is 11.6 Å². The topological polar surface area (TPSA) is 21.3 Å². The predicted octanol–water partition coefficient (Wildman–Crippen LogP) is 3.39. The molecule has 2 fully saturated rings. The Labute approximate surface area is 116 Å². The summed E-state index contributed by atoms with van der Waals surface area (Å²) >= 11 is 5.69. The van der Waals surface area contributed by atoms with Crippen LogP contribution in [0, 0.1) is 23.5 Å². The van der Waals surface area contributed by atoms with Gasteiger partial charge in [-0.05, 0) is 43.9 Å². The first-order valence-electron chi connectivity index (χ1n) is 6.67. The lowest BCUT2D eigenvalue weighted by atomic mass is 9.97. The standard InChI is InChI=1S/C14H16ClF2NO/c15-10-3-4-11(16)14(12(10)17)19-13(8-1-2-8)9-5-6-18-7-9/h3-4,8-9,13,18H,1-2,5-7H2/t9-,13+/m0/s1. The van der Waals surface area contributed by atoms with Crippen LogP contribution in [0.5, 0.6) is 5.75 Å². The third-order valence-corrected chi connectivity index (χ3v) is 4.20. The number of rotatable bonds is 4. The molecule has 2 aliphatic rings. The molecule has 1 aromatic rings. The van der Waals surface area contributed by atoms with Gasteiger partial charge in [-0.3, -0.25) is 0 Å². The van der Waals surface area contributed by atoms with E-state index in [0.29, 0.717) is 11.8 Å². The smallest absolute Gasteiger partial charge is 0.192 e. The molecule has 1 heterocycles. The van der Waals surface area contributed by atoms with Crippen LogP contribution in [0.15, 0.2) is 12.1 Å². The predicted molar refractivity (Wildman–Crippen MR) is 69.5 cm³/mol. The minimum atomic E-state index is -0.793. The highest BCUT2D eigenvalue weighted by Gasteiger charge is 2.40. The normalized spacial score (nSPS) is 24.5. The molecule has 104 valence electrons. The molecule has 1 saturated carbocycles. The number of halogens is 3. The van der Waals surface area contributed by atoms with E-state index in [2.05, 4.69) is 5.32 Å². The van der Waals surface area contributed by atoms with E-state index in [1.165, 1.54) is 6.07 Å². The Morgan fingerprint density at radius 1 is 1.21 bits per heavy atom. The molecule has 3 rings (SSSR count). The van der Waals surface area contributed by atoms with Crippen LogP contribution in [0.3, 0.4) is 0 Å². The Bertz CT molecular complexity index is 473. The van der Waals surface area contributed by atoms with Gasteiger partial charge in [-0.25, -0.2) is 8.78 Å². The highest BCUT2D eigenvalue weighted by Crippen LogP contribution is 2.41. The zero-order valence-corrected chi connectivity index (χ0v) is 11.2. The van der Waals surface area contributed by atoms with Crippen LogP contribution in [-0.2, 0) is 0 Å². The zero-order chi connectivity index (χ0) is 13.4. The van der Waals surface area contributed by atoms with Gasteiger partial charge in [0.15, 0.2) is 17.4 Å². The molecule has 0 amide bonds. The minimum absolute atomic E-state index is 0.101. The van der Waals surface area contributed by atoms with Gasteiger partial charge in [0.2, 0.25) is 0 Å². The Balaban J connectivity index is 1.83. The van der Waals surface area contributed by atoms with Gasteiger partial charge in [0.1, 0.15) is 6.10 Å². The first kappa shape index (κ1) is 13.1. The van der Waals surface area contributed by atoms with E-state index in [4.69, 9.17) is 16.3 Å². The first-order chi connectivity index (χ1) is 9.16. The summed E-state index contributed by atoms with van der Waals surface area (Å²) in [6.45, 7) is 1.79. The fraction of sp³-hybridized carbons (Fsp3) is 0.571. The lowest BCUT2D eigenvalue weighted by Crippen LogP contribution is -2.31. The molecule has 1 aliphatic heterocycles. The number of hydrogen-bond acceptors (Lipinski definition) is 2. The van der Waals surface area contributed by atoms with E-state index in [9.17, 15) is 8.78 Å². The van der Waals surface area contributed by atoms with Crippen molar-refractivity contribution in [3.05, 3.63) is 28.8 Å². The van der Waals surface area contributed by atoms with Crippen molar-refractivity contribution in [2.24, 2.45) is 11.8 Å². The number of nitrogens with one attached hydrogen (secondary N) is 1. The maximum absolute atomic E-state index is 13.9. The SMILES string of the molecule is Fc1ccc(Cl)c(F)c1O[C@H](C1CC1)[C@H]1CCNC1. The van der Waals surface area contributed by atoms with Crippen LogP contribution in [0.2, 0.25) is 5.02 Å². The summed E-state index contributed by atoms with van der Waals surface area (Å²) in [6.07, 6.45) is 3.03. The molecule has 0 aromatic heterocycles. The van der Waals surface area contributed by atoms with Crippen LogP contribution < -0.4 is 10.1 Å². The third-order valence-electron chi connectivity index (χ3n) is 3.91. The summed E-state index contributed by atoms with van der Waals surface area (Å²) in [7, 11) is 0. The minimum Gasteiger partial charge on any atom is -0.484 e. The van der Waals surface area contributed by atoms with E-state index in [1.807, 2.05) is 0 Å². The fourth-order valence-corrected chi connectivity index (χ4v) is 2.86. The Kier molecular flexibility index (Phi) is 3.63. The van der Waals surface area contributed by atoms with Crippen molar-refractivity contribution in [2.75, 3.05) is 13.1 Å². The van der Waals surface area contributed by atoms with E-state index in [0.717, 1.165) is 38.4 Å². The van der Waals surface area contributed by atoms with Crippen molar-refractivity contribution >= 4 is 11.6 Å². The van der Waals surface area contributed by atoms with Crippen LogP contribution in [-0.4, -0.2) is 19.2 Å². The summed E-state index contributed by atoms with van der Waals surface area (Å²) < 4.78 is 33.3. The molecule has 0 radical (unpaired) electrons. The molecule has 1 saturated heterocycles. The van der Waals surface area contributed by atoms with Crippen LogP contribution in [0.4, 0.5) is 8.78 Å². The van der Waals surface area contributed by atoms with Crippen molar-refractivity contribution in [1.29, 1.82) is 0 Å². The van der Waals surface area contributed by atoms with Crippen molar-refractivity contribution < 1.29 is 13.5 Å². The molecule has 0 unspecified atom stereocenters. The fourth-order valence-electron chi connectivity index (χ4n) is 2.71. The summed E-state index contributed by atoms with van der Waals surface area (Å²) in [5, 5.41) is 3.17. The third kappa shape index (κ3) is 2.70. The quantitative estimate of drug-likeness (QED) is 0.857. The summed E-state index contributed by atoms with van der Waals surface area (Å²) in [6, 6.07) is 2.36. The number of benzene rings is 1. The van der Waals surface area contributed by atoms with E-state index in [-0.39, 0.29) is 16.9 Å². The molecular weight excluding hydrogens is 272 g/mol. The molecule has 2 atom stereocenters. The molecule has 5 heteroatoms. The monoisotopic (exact) mass is 287 g/mol. The highest BCUT2D eigenvalue weighted by atomic mass is 35.5. The molecule has 1 N–H and O–H groups in total. The van der Waals surface area contributed by atoms with Gasteiger partial charge in [0, 0.05) is 12.5 Å². The average Bonchev–Trinajstić information content (AvgIpc) is 3.09. The van der Waals surface area contributed by atoms with Gasteiger partial charge < -0.3 is 10.1 Å². The van der Waals surface area contributed by atoms with Gasteiger partial charge in [0.05, 0.1) is 5.02 Å². The van der Waals surface area contributed by atoms with E-state index < -0.39 is 11.6 Å². The molecule has 0 spiro atoms. The van der Waals surface area contributed by atoms with E-state index in [1.54, 1.807) is 0 Å². The van der Waals surface area contributed by atoms with Crippen molar-refractivity contribution in [1.82, 2.24) is 5.32 Å². The van der Waals surface area contributed by atoms with E-state index >= 15 is 0 Å². The molecule has 2 nitrogen and oxygen atoms in total. The lowest BCUT2D eigenvalue weighted by molar-refractivity contribution is 0.110. The molecule has 1 aliphatic carbocycles. The second kappa shape index (κ2) is 5.25. The molecule has 1 aromatic carbocycles. The lowest BCUT2D eigenvalue weighted by Gasteiger charge is -2.24. The van der Waals surface area contributed by atoms with Gasteiger partial charge in [-0.2, -0.15) is 0 Å². The molecular formula is C14H16ClF2NO. The Morgan fingerprint density at radius 3 is 2.63 bits per heavy atom. The second-order valence-electron chi connectivity index (χ2n) is 5.35. The van der Waals surface area contributed by atoms with Gasteiger partial charge >= 0.3 is 0 Å². The number of hydrogen-bond donors (Lipinski definition) is 1. The second-order valence-corrected chi connectivity index (χ2v) is 5.75. The average molecular weight is 288 g/mol. The summed E-state index contributed by atoms with van der Waals surface area (Å²) in [4.78, 5) is 0. The Hall–Kier alpha value is -0.870. The van der Waals surface area contributed by atoms with Gasteiger partial charge in [0.25, 0.3) is 0 Å². The van der Waals surface area contributed by atoms with Crippen LogP contribution in [0.25, 0.3) is 0 Å².